The first-order chi connectivity index (χ1) is 7.91. The SMILES string of the molecule is O=C(O)c1cnn(-c2cccs2)c1C(F)(F)F. The summed E-state index contributed by atoms with van der Waals surface area (Å²) in [6.07, 6.45) is -4.07. The second-order valence-electron chi connectivity index (χ2n) is 3.07. The third-order valence-corrected chi connectivity index (χ3v) is 2.83. The standard InChI is InChI=1S/C9H5F3N2O2S/c10-9(11,12)7-5(8(15)16)4-13-14(7)6-2-1-3-17-6/h1-4H,(H,15,16). The highest BCUT2D eigenvalue weighted by atomic mass is 32.1. The van der Waals surface area contributed by atoms with Gasteiger partial charge in [-0.1, -0.05) is 0 Å². The molecule has 2 aromatic rings. The quantitative estimate of drug-likeness (QED) is 0.905. The van der Waals surface area contributed by atoms with Crippen LogP contribution in [0.2, 0.25) is 0 Å². The van der Waals surface area contributed by atoms with Crippen LogP contribution in [-0.4, -0.2) is 20.9 Å². The molecule has 0 fully saturated rings. The van der Waals surface area contributed by atoms with Gasteiger partial charge in [0.25, 0.3) is 0 Å². The van der Waals surface area contributed by atoms with Crippen molar-refractivity contribution in [3.63, 3.8) is 0 Å². The van der Waals surface area contributed by atoms with Crippen molar-refractivity contribution in [2.24, 2.45) is 0 Å². The van der Waals surface area contributed by atoms with Crippen LogP contribution in [0.1, 0.15) is 16.1 Å². The average Bonchev–Trinajstić information content (AvgIpc) is 2.85. The lowest BCUT2D eigenvalue weighted by molar-refractivity contribution is -0.143. The molecule has 0 spiro atoms. The van der Waals surface area contributed by atoms with Crippen molar-refractivity contribution in [3.05, 3.63) is 35.0 Å². The molecule has 2 aromatic heterocycles. The van der Waals surface area contributed by atoms with Crippen LogP contribution in [0.5, 0.6) is 0 Å². The van der Waals surface area contributed by atoms with Crippen LogP contribution in [0.4, 0.5) is 13.2 Å². The minimum atomic E-state index is -4.77. The van der Waals surface area contributed by atoms with Crippen LogP contribution >= 0.6 is 11.3 Å². The number of carbonyl (C=O) groups is 1. The molecule has 8 heteroatoms. The molecule has 0 aliphatic carbocycles. The largest absolute Gasteiger partial charge is 0.478 e. The van der Waals surface area contributed by atoms with Crippen molar-refractivity contribution in [1.29, 1.82) is 0 Å². The number of aromatic nitrogens is 2. The number of carboxylic acids is 1. The van der Waals surface area contributed by atoms with Crippen LogP contribution in [0.25, 0.3) is 5.00 Å². The monoisotopic (exact) mass is 262 g/mol. The van der Waals surface area contributed by atoms with Gasteiger partial charge in [0.1, 0.15) is 10.6 Å². The normalized spacial score (nSPS) is 11.7. The Hall–Kier alpha value is -1.83. The molecule has 2 rings (SSSR count). The van der Waals surface area contributed by atoms with E-state index in [1.54, 1.807) is 11.4 Å². The zero-order valence-electron chi connectivity index (χ0n) is 8.10. The average molecular weight is 262 g/mol. The van der Waals surface area contributed by atoms with Crippen molar-refractivity contribution >= 4 is 17.3 Å². The van der Waals surface area contributed by atoms with Gasteiger partial charge in [-0.25, -0.2) is 9.48 Å². The first kappa shape index (κ1) is 11.6. The highest BCUT2D eigenvalue weighted by Gasteiger charge is 2.40. The summed E-state index contributed by atoms with van der Waals surface area (Å²) in [6.45, 7) is 0. The van der Waals surface area contributed by atoms with Crippen molar-refractivity contribution in [3.8, 4) is 5.00 Å². The summed E-state index contributed by atoms with van der Waals surface area (Å²) in [5.41, 5.74) is -2.13. The minimum absolute atomic E-state index is 0.213. The van der Waals surface area contributed by atoms with Gasteiger partial charge < -0.3 is 5.11 Å². The molecule has 17 heavy (non-hydrogen) atoms. The zero-order valence-corrected chi connectivity index (χ0v) is 8.92. The Morgan fingerprint density at radius 3 is 2.65 bits per heavy atom. The summed E-state index contributed by atoms with van der Waals surface area (Å²) < 4.78 is 38.9. The predicted molar refractivity (Wildman–Crippen MR) is 53.4 cm³/mol. The van der Waals surface area contributed by atoms with E-state index in [1.165, 1.54) is 6.07 Å². The molecule has 0 bridgehead atoms. The van der Waals surface area contributed by atoms with E-state index in [0.717, 1.165) is 11.3 Å². The number of nitrogens with zero attached hydrogens (tertiary/aromatic N) is 2. The summed E-state index contributed by atoms with van der Waals surface area (Å²) in [6, 6.07) is 2.99. The number of hydrogen-bond acceptors (Lipinski definition) is 3. The molecule has 1 N–H and O–H groups in total. The van der Waals surface area contributed by atoms with E-state index in [4.69, 9.17) is 5.11 Å². The Labute approximate surface area is 96.9 Å². The summed E-state index contributed by atoms with van der Waals surface area (Å²) >= 11 is 1.04. The molecule has 0 aliphatic heterocycles. The zero-order chi connectivity index (χ0) is 12.6. The smallest absolute Gasteiger partial charge is 0.434 e. The number of rotatable bonds is 2. The van der Waals surface area contributed by atoms with Gasteiger partial charge in [-0.3, -0.25) is 0 Å². The lowest BCUT2D eigenvalue weighted by atomic mass is 10.2. The van der Waals surface area contributed by atoms with E-state index >= 15 is 0 Å². The van der Waals surface area contributed by atoms with Gasteiger partial charge in [-0.05, 0) is 17.5 Å². The van der Waals surface area contributed by atoms with Crippen molar-refractivity contribution in [2.75, 3.05) is 0 Å². The minimum Gasteiger partial charge on any atom is -0.478 e. The van der Waals surface area contributed by atoms with E-state index in [-0.39, 0.29) is 5.00 Å². The maximum atomic E-state index is 12.8. The molecular formula is C9H5F3N2O2S. The third-order valence-electron chi connectivity index (χ3n) is 1.98. The summed E-state index contributed by atoms with van der Waals surface area (Å²) in [4.78, 5) is 10.7. The number of alkyl halides is 3. The maximum Gasteiger partial charge on any atom is 0.434 e. The van der Waals surface area contributed by atoms with Gasteiger partial charge in [0.05, 0.1) is 6.20 Å². The highest BCUT2D eigenvalue weighted by molar-refractivity contribution is 7.12. The van der Waals surface area contributed by atoms with Crippen molar-refractivity contribution in [2.45, 2.75) is 6.18 Å². The van der Waals surface area contributed by atoms with Gasteiger partial charge in [-0.2, -0.15) is 18.3 Å². The molecule has 0 amide bonds. The lowest BCUT2D eigenvalue weighted by Crippen LogP contribution is -2.16. The number of aromatic carboxylic acids is 1. The van der Waals surface area contributed by atoms with E-state index < -0.39 is 23.4 Å². The lowest BCUT2D eigenvalue weighted by Gasteiger charge is -2.09. The Balaban J connectivity index is 2.66. The molecule has 0 aliphatic rings. The molecule has 0 saturated heterocycles. The van der Waals surface area contributed by atoms with Crippen LogP contribution in [0.15, 0.2) is 23.7 Å². The molecule has 2 heterocycles. The number of thiophene rings is 1. The van der Waals surface area contributed by atoms with Crippen molar-refractivity contribution < 1.29 is 23.1 Å². The van der Waals surface area contributed by atoms with E-state index in [2.05, 4.69) is 5.10 Å². The molecule has 0 atom stereocenters. The van der Waals surface area contributed by atoms with Crippen LogP contribution in [-0.2, 0) is 6.18 Å². The Morgan fingerprint density at radius 2 is 2.18 bits per heavy atom. The van der Waals surface area contributed by atoms with Gasteiger partial charge in [0.15, 0.2) is 5.69 Å². The Bertz CT molecular complexity index is 545. The van der Waals surface area contributed by atoms with Gasteiger partial charge in [-0.15, -0.1) is 11.3 Å². The van der Waals surface area contributed by atoms with Crippen molar-refractivity contribution in [1.82, 2.24) is 9.78 Å². The fourth-order valence-electron chi connectivity index (χ4n) is 1.34. The van der Waals surface area contributed by atoms with E-state index in [9.17, 15) is 18.0 Å². The molecule has 0 saturated carbocycles. The molecule has 90 valence electrons. The van der Waals surface area contributed by atoms with Crippen LogP contribution in [0.3, 0.4) is 0 Å². The number of carboxylic acid groups (broad SMARTS) is 1. The second kappa shape index (κ2) is 3.88. The fourth-order valence-corrected chi connectivity index (χ4v) is 2.03. The third kappa shape index (κ3) is 2.03. The Kier molecular flexibility index (Phi) is 2.66. The number of hydrogen-bond donors (Lipinski definition) is 1. The second-order valence-corrected chi connectivity index (χ2v) is 4.00. The number of halogens is 3. The first-order valence-electron chi connectivity index (χ1n) is 4.33. The summed E-state index contributed by atoms with van der Waals surface area (Å²) in [7, 11) is 0. The predicted octanol–water partition coefficient (Wildman–Crippen LogP) is 2.65. The topological polar surface area (TPSA) is 55.1 Å². The molecule has 0 radical (unpaired) electrons. The van der Waals surface area contributed by atoms with Gasteiger partial charge >= 0.3 is 12.1 Å². The molecular weight excluding hydrogens is 257 g/mol. The van der Waals surface area contributed by atoms with Gasteiger partial charge in [0.2, 0.25) is 0 Å². The maximum absolute atomic E-state index is 12.8. The molecule has 0 aromatic carbocycles. The first-order valence-corrected chi connectivity index (χ1v) is 5.21. The van der Waals surface area contributed by atoms with Crippen LogP contribution in [0, 0.1) is 0 Å². The van der Waals surface area contributed by atoms with E-state index in [1.807, 2.05) is 0 Å². The highest BCUT2D eigenvalue weighted by Crippen LogP contribution is 2.34. The summed E-state index contributed by atoms with van der Waals surface area (Å²) in [5.74, 6) is -1.65. The molecule has 0 unspecified atom stereocenters. The van der Waals surface area contributed by atoms with E-state index in [0.29, 0.717) is 10.9 Å². The summed E-state index contributed by atoms with van der Waals surface area (Å²) in [5, 5.41) is 14.0. The fraction of sp³-hybridized carbons (Fsp3) is 0.111. The molecule has 4 nitrogen and oxygen atoms in total. The Morgan fingerprint density at radius 1 is 1.47 bits per heavy atom. The van der Waals surface area contributed by atoms with Crippen LogP contribution < -0.4 is 0 Å². The van der Waals surface area contributed by atoms with Gasteiger partial charge in [0, 0.05) is 0 Å².